The number of anilines is 1. The number of aryl methyl sites for hydroxylation is 1. The van der Waals surface area contributed by atoms with E-state index in [0.29, 0.717) is 11.8 Å². The van der Waals surface area contributed by atoms with Crippen LogP contribution in [-0.2, 0) is 13.0 Å². The highest BCUT2D eigenvalue weighted by Crippen LogP contribution is 2.25. The highest BCUT2D eigenvalue weighted by Gasteiger charge is 2.11. The number of fused-ring (bicyclic) bond motifs is 1. The molecule has 6 heteroatoms. The van der Waals surface area contributed by atoms with Crippen molar-refractivity contribution in [1.82, 2.24) is 19.9 Å². The van der Waals surface area contributed by atoms with E-state index in [-0.39, 0.29) is 0 Å². The highest BCUT2D eigenvalue weighted by atomic mass is 32.2. The van der Waals surface area contributed by atoms with E-state index in [1.165, 1.54) is 5.56 Å². The van der Waals surface area contributed by atoms with Gasteiger partial charge in [0.15, 0.2) is 10.8 Å². The molecule has 5 nitrogen and oxygen atoms in total. The topological polar surface area (TPSA) is 63.6 Å². The molecule has 3 aromatic heterocycles. The molecule has 0 bridgehead atoms. The van der Waals surface area contributed by atoms with E-state index in [4.69, 9.17) is 4.98 Å². The third kappa shape index (κ3) is 3.82. The van der Waals surface area contributed by atoms with E-state index < -0.39 is 0 Å². The van der Waals surface area contributed by atoms with Crippen LogP contribution in [0, 0.1) is 0 Å². The Labute approximate surface area is 146 Å². The van der Waals surface area contributed by atoms with Gasteiger partial charge in [0.1, 0.15) is 5.82 Å². The molecule has 0 aliphatic heterocycles. The van der Waals surface area contributed by atoms with Gasteiger partial charge in [0.05, 0.1) is 5.39 Å². The van der Waals surface area contributed by atoms with E-state index in [2.05, 4.69) is 47.1 Å². The summed E-state index contributed by atoms with van der Waals surface area (Å²) in [6.07, 6.45) is 4.52. The predicted octanol–water partition coefficient (Wildman–Crippen LogP) is 4.09. The molecule has 0 atom stereocenters. The summed E-state index contributed by atoms with van der Waals surface area (Å²) in [5.74, 6) is 0.821. The monoisotopic (exact) mass is 339 g/mol. The van der Waals surface area contributed by atoms with Gasteiger partial charge in [-0.1, -0.05) is 38.6 Å². The van der Waals surface area contributed by atoms with Gasteiger partial charge in [-0.05, 0) is 30.2 Å². The zero-order valence-corrected chi connectivity index (χ0v) is 15.0. The Kier molecular flexibility index (Phi) is 5.25. The van der Waals surface area contributed by atoms with Crippen LogP contribution in [0.15, 0.2) is 41.8 Å². The fourth-order valence-corrected chi connectivity index (χ4v) is 3.17. The van der Waals surface area contributed by atoms with Gasteiger partial charge < -0.3 is 5.32 Å². The summed E-state index contributed by atoms with van der Waals surface area (Å²) in [5.41, 5.74) is 3.02. The molecule has 3 rings (SSSR count). The van der Waals surface area contributed by atoms with Crippen LogP contribution in [0.5, 0.6) is 0 Å². The van der Waals surface area contributed by atoms with Gasteiger partial charge >= 0.3 is 0 Å². The quantitative estimate of drug-likeness (QED) is 0.539. The van der Waals surface area contributed by atoms with Gasteiger partial charge in [0.2, 0.25) is 0 Å². The van der Waals surface area contributed by atoms with Crippen LogP contribution < -0.4 is 5.32 Å². The second kappa shape index (κ2) is 7.57. The summed E-state index contributed by atoms with van der Waals surface area (Å²) < 4.78 is 0. The van der Waals surface area contributed by atoms with Crippen molar-refractivity contribution in [2.75, 3.05) is 5.32 Å². The molecule has 0 aromatic carbocycles. The van der Waals surface area contributed by atoms with Crippen molar-refractivity contribution in [2.24, 2.45) is 0 Å². The minimum absolute atomic E-state index is 0.420. The van der Waals surface area contributed by atoms with Gasteiger partial charge in [-0.15, -0.1) is 0 Å². The van der Waals surface area contributed by atoms with Crippen molar-refractivity contribution in [3.05, 3.63) is 47.9 Å². The van der Waals surface area contributed by atoms with Crippen molar-refractivity contribution < 1.29 is 0 Å². The number of hydrogen-bond acceptors (Lipinski definition) is 6. The molecule has 3 aromatic rings. The molecular weight excluding hydrogens is 318 g/mol. The Balaban J connectivity index is 1.92. The molecule has 124 valence electrons. The van der Waals surface area contributed by atoms with E-state index in [9.17, 15) is 0 Å². The summed E-state index contributed by atoms with van der Waals surface area (Å²) in [6.45, 7) is 7.07. The summed E-state index contributed by atoms with van der Waals surface area (Å²) in [4.78, 5) is 18.1. The number of nitrogens with zero attached hydrogens (tertiary/aromatic N) is 4. The minimum atomic E-state index is 0.420. The fourth-order valence-electron chi connectivity index (χ4n) is 2.47. The number of nitrogens with one attached hydrogen (secondary N) is 1. The highest BCUT2D eigenvalue weighted by molar-refractivity contribution is 7.99. The number of hydrogen-bond donors (Lipinski definition) is 1. The fraction of sp³-hybridized carbons (Fsp3) is 0.333. The summed E-state index contributed by atoms with van der Waals surface area (Å²) in [5, 5.41) is 5.56. The normalized spacial score (nSPS) is 11.2. The smallest absolute Gasteiger partial charge is 0.191 e. The lowest BCUT2D eigenvalue weighted by atomic mass is 10.1. The molecule has 3 heterocycles. The lowest BCUT2D eigenvalue weighted by molar-refractivity contribution is 0.940. The standard InChI is InChI=1S/C18H21N5S/c1-4-15-13(7-5-9-19-15)11-21-17-14-8-6-10-20-16(14)22-18(23-17)24-12(2)3/h5-10,12H,4,11H2,1-3H3,(H,20,21,22,23). The number of rotatable bonds is 6. The van der Waals surface area contributed by atoms with E-state index in [0.717, 1.165) is 34.1 Å². The number of aromatic nitrogens is 4. The molecule has 0 radical (unpaired) electrons. The van der Waals surface area contributed by atoms with Crippen LogP contribution in [0.4, 0.5) is 5.82 Å². The maximum atomic E-state index is 4.69. The molecular formula is C18H21N5S. The Hall–Kier alpha value is -2.21. The van der Waals surface area contributed by atoms with Gasteiger partial charge in [-0.2, -0.15) is 0 Å². The Bertz CT molecular complexity index is 835. The van der Waals surface area contributed by atoms with Crippen molar-refractivity contribution in [3.8, 4) is 0 Å². The van der Waals surface area contributed by atoms with Crippen LogP contribution in [-0.4, -0.2) is 25.2 Å². The van der Waals surface area contributed by atoms with Gasteiger partial charge in [0, 0.05) is 29.9 Å². The molecule has 0 aliphatic carbocycles. The predicted molar refractivity (Wildman–Crippen MR) is 99.3 cm³/mol. The molecule has 24 heavy (non-hydrogen) atoms. The Morgan fingerprint density at radius 2 is 1.88 bits per heavy atom. The third-order valence-electron chi connectivity index (χ3n) is 3.56. The number of pyridine rings is 2. The van der Waals surface area contributed by atoms with Crippen molar-refractivity contribution in [2.45, 2.75) is 44.1 Å². The molecule has 0 amide bonds. The molecule has 0 unspecified atom stereocenters. The molecule has 0 aliphatic rings. The summed E-state index contributed by atoms with van der Waals surface area (Å²) in [7, 11) is 0. The first-order valence-electron chi connectivity index (χ1n) is 8.13. The van der Waals surface area contributed by atoms with Gasteiger partial charge in [0.25, 0.3) is 0 Å². The van der Waals surface area contributed by atoms with Crippen LogP contribution in [0.25, 0.3) is 11.0 Å². The van der Waals surface area contributed by atoms with Gasteiger partial charge in [-0.3, -0.25) is 4.98 Å². The maximum absolute atomic E-state index is 4.69. The average molecular weight is 339 g/mol. The van der Waals surface area contributed by atoms with E-state index >= 15 is 0 Å². The summed E-state index contributed by atoms with van der Waals surface area (Å²) in [6, 6.07) is 7.98. The maximum Gasteiger partial charge on any atom is 0.191 e. The van der Waals surface area contributed by atoms with Gasteiger partial charge in [-0.25, -0.2) is 15.0 Å². The van der Waals surface area contributed by atoms with Crippen molar-refractivity contribution in [3.63, 3.8) is 0 Å². The first kappa shape index (κ1) is 16.6. The molecule has 1 N–H and O–H groups in total. The Morgan fingerprint density at radius 3 is 2.67 bits per heavy atom. The minimum Gasteiger partial charge on any atom is -0.365 e. The second-order valence-electron chi connectivity index (χ2n) is 5.71. The lowest BCUT2D eigenvalue weighted by Crippen LogP contribution is -2.07. The van der Waals surface area contributed by atoms with E-state index in [1.54, 1.807) is 18.0 Å². The molecule has 0 saturated carbocycles. The average Bonchev–Trinajstić information content (AvgIpc) is 2.59. The van der Waals surface area contributed by atoms with Crippen LogP contribution in [0.2, 0.25) is 0 Å². The first-order chi connectivity index (χ1) is 11.7. The first-order valence-corrected chi connectivity index (χ1v) is 9.01. The van der Waals surface area contributed by atoms with Crippen molar-refractivity contribution in [1.29, 1.82) is 0 Å². The molecule has 0 spiro atoms. The Morgan fingerprint density at radius 1 is 1.08 bits per heavy atom. The van der Waals surface area contributed by atoms with E-state index in [1.807, 2.05) is 24.4 Å². The molecule has 0 saturated heterocycles. The SMILES string of the molecule is CCc1ncccc1CNc1nc(SC(C)C)nc2ncccc12. The third-order valence-corrected chi connectivity index (χ3v) is 4.42. The second-order valence-corrected chi connectivity index (χ2v) is 7.26. The van der Waals surface area contributed by atoms with Crippen molar-refractivity contribution >= 4 is 28.6 Å². The van der Waals surface area contributed by atoms with Crippen LogP contribution >= 0.6 is 11.8 Å². The zero-order chi connectivity index (χ0) is 16.9. The zero-order valence-electron chi connectivity index (χ0n) is 14.2. The summed E-state index contributed by atoms with van der Waals surface area (Å²) >= 11 is 1.64. The van der Waals surface area contributed by atoms with Crippen LogP contribution in [0.3, 0.4) is 0 Å². The lowest BCUT2D eigenvalue weighted by Gasteiger charge is -2.12. The van der Waals surface area contributed by atoms with Crippen LogP contribution in [0.1, 0.15) is 32.0 Å². The molecule has 0 fully saturated rings. The largest absolute Gasteiger partial charge is 0.365 e. The number of thioether (sulfide) groups is 1.